The second kappa shape index (κ2) is 15.2. The van der Waals surface area contributed by atoms with Crippen LogP contribution in [0.2, 0.25) is 0 Å². The number of halogens is 2. The van der Waals surface area contributed by atoms with E-state index in [9.17, 15) is 18.1 Å². The minimum absolute atomic E-state index is 0.00650. The SMILES string of the molecule is O=C(NC(COP(=O)(OCc1ccccc1)OCc1ccccc1)Cc1cccc(F)c1F)OCc1ccccc1. The van der Waals surface area contributed by atoms with Gasteiger partial charge in [0.1, 0.15) is 6.61 Å². The molecule has 0 fully saturated rings. The van der Waals surface area contributed by atoms with Gasteiger partial charge in [0.15, 0.2) is 11.6 Å². The molecule has 0 saturated heterocycles. The summed E-state index contributed by atoms with van der Waals surface area (Å²) in [5.41, 5.74) is 2.23. The summed E-state index contributed by atoms with van der Waals surface area (Å²) in [6.07, 6.45) is -0.994. The predicted octanol–water partition coefficient (Wildman–Crippen LogP) is 7.36. The van der Waals surface area contributed by atoms with Crippen LogP contribution in [-0.4, -0.2) is 18.7 Å². The number of hydrogen-bond acceptors (Lipinski definition) is 6. The zero-order valence-corrected chi connectivity index (χ0v) is 23.1. The third-order valence-corrected chi connectivity index (χ3v) is 7.29. The topological polar surface area (TPSA) is 83.1 Å². The molecule has 214 valence electrons. The van der Waals surface area contributed by atoms with Crippen molar-refractivity contribution in [3.05, 3.63) is 143 Å². The normalized spacial score (nSPS) is 12.0. The van der Waals surface area contributed by atoms with Crippen LogP contribution in [0.25, 0.3) is 0 Å². The molecule has 0 spiro atoms. The van der Waals surface area contributed by atoms with E-state index in [0.717, 1.165) is 22.8 Å². The number of phosphoric acid groups is 1. The summed E-state index contributed by atoms with van der Waals surface area (Å²) >= 11 is 0. The van der Waals surface area contributed by atoms with Gasteiger partial charge in [-0.3, -0.25) is 13.6 Å². The van der Waals surface area contributed by atoms with E-state index in [4.69, 9.17) is 18.3 Å². The largest absolute Gasteiger partial charge is 0.475 e. The van der Waals surface area contributed by atoms with Gasteiger partial charge in [0, 0.05) is 0 Å². The Balaban J connectivity index is 1.47. The molecule has 0 aliphatic heterocycles. The Morgan fingerprint density at radius 1 is 0.683 bits per heavy atom. The van der Waals surface area contributed by atoms with Crippen molar-refractivity contribution < 1.29 is 36.4 Å². The summed E-state index contributed by atoms with van der Waals surface area (Å²) in [4.78, 5) is 12.6. The van der Waals surface area contributed by atoms with Crippen LogP contribution in [0.5, 0.6) is 0 Å². The zero-order chi connectivity index (χ0) is 28.9. The maximum atomic E-state index is 14.5. The molecule has 0 aliphatic rings. The molecule has 0 aliphatic carbocycles. The van der Waals surface area contributed by atoms with Crippen molar-refractivity contribution in [3.63, 3.8) is 0 Å². The summed E-state index contributed by atoms with van der Waals surface area (Å²) in [6, 6.07) is 29.9. The molecule has 4 aromatic rings. The second-order valence-electron chi connectivity index (χ2n) is 9.08. The first-order valence-corrected chi connectivity index (χ1v) is 14.4. The maximum absolute atomic E-state index is 14.5. The first-order chi connectivity index (χ1) is 19.9. The fourth-order valence-electron chi connectivity index (χ4n) is 3.80. The van der Waals surface area contributed by atoms with Gasteiger partial charge in [0.2, 0.25) is 0 Å². The van der Waals surface area contributed by atoms with Gasteiger partial charge in [-0.25, -0.2) is 18.1 Å². The Morgan fingerprint density at radius 2 is 1.20 bits per heavy atom. The van der Waals surface area contributed by atoms with Crippen LogP contribution >= 0.6 is 7.82 Å². The highest BCUT2D eigenvalue weighted by atomic mass is 31.2. The molecule has 4 rings (SSSR count). The molecular weight excluding hydrogens is 551 g/mol. The lowest BCUT2D eigenvalue weighted by Crippen LogP contribution is -2.40. The second-order valence-corrected chi connectivity index (χ2v) is 10.8. The molecule has 4 aromatic carbocycles. The van der Waals surface area contributed by atoms with Crippen LogP contribution in [0, 0.1) is 11.6 Å². The number of nitrogens with one attached hydrogen (secondary N) is 1. The Morgan fingerprint density at radius 3 is 1.73 bits per heavy atom. The van der Waals surface area contributed by atoms with E-state index in [1.54, 1.807) is 36.4 Å². The van der Waals surface area contributed by atoms with E-state index in [1.165, 1.54) is 12.1 Å². The highest BCUT2D eigenvalue weighted by molar-refractivity contribution is 7.48. The number of ether oxygens (including phenoxy) is 1. The van der Waals surface area contributed by atoms with E-state index in [2.05, 4.69) is 5.32 Å². The van der Waals surface area contributed by atoms with Crippen molar-refractivity contribution in [2.75, 3.05) is 6.61 Å². The quantitative estimate of drug-likeness (QED) is 0.157. The molecule has 0 heterocycles. The molecule has 10 heteroatoms. The first kappa shape index (κ1) is 30.1. The van der Waals surface area contributed by atoms with E-state index >= 15 is 0 Å². The van der Waals surface area contributed by atoms with Crippen molar-refractivity contribution in [1.29, 1.82) is 0 Å². The molecule has 0 bridgehead atoms. The van der Waals surface area contributed by atoms with Gasteiger partial charge >= 0.3 is 13.9 Å². The summed E-state index contributed by atoms with van der Waals surface area (Å²) in [5, 5.41) is 2.60. The van der Waals surface area contributed by atoms with E-state index in [-0.39, 0.29) is 31.8 Å². The van der Waals surface area contributed by atoms with Gasteiger partial charge in [-0.1, -0.05) is 103 Å². The van der Waals surface area contributed by atoms with Crippen LogP contribution in [-0.2, 0) is 49.1 Å². The number of hydrogen-bond donors (Lipinski definition) is 1. The summed E-state index contributed by atoms with van der Waals surface area (Å²) in [7, 11) is -4.20. The van der Waals surface area contributed by atoms with Gasteiger partial charge in [0.05, 0.1) is 25.9 Å². The van der Waals surface area contributed by atoms with Gasteiger partial charge in [0.25, 0.3) is 0 Å². The van der Waals surface area contributed by atoms with Crippen molar-refractivity contribution in [2.24, 2.45) is 0 Å². The number of amides is 1. The van der Waals surface area contributed by atoms with E-state index < -0.39 is 38.2 Å². The summed E-state index contributed by atoms with van der Waals surface area (Å²) < 4.78 is 64.3. The van der Waals surface area contributed by atoms with Crippen LogP contribution < -0.4 is 5.32 Å². The van der Waals surface area contributed by atoms with Gasteiger partial charge in [-0.15, -0.1) is 0 Å². The monoisotopic (exact) mass is 581 g/mol. The average molecular weight is 582 g/mol. The number of alkyl carbamates (subject to hydrolysis) is 1. The third kappa shape index (κ3) is 9.92. The molecule has 1 unspecified atom stereocenters. The van der Waals surface area contributed by atoms with Crippen LogP contribution in [0.4, 0.5) is 13.6 Å². The molecule has 7 nitrogen and oxygen atoms in total. The smallest absolute Gasteiger partial charge is 0.445 e. The lowest BCUT2D eigenvalue weighted by atomic mass is 10.1. The Bertz CT molecular complexity index is 1380. The van der Waals surface area contributed by atoms with Crippen LogP contribution in [0.3, 0.4) is 0 Å². The van der Waals surface area contributed by atoms with Gasteiger partial charge < -0.3 is 10.1 Å². The number of rotatable bonds is 14. The molecule has 1 amide bonds. The van der Waals surface area contributed by atoms with Crippen molar-refractivity contribution in [2.45, 2.75) is 32.3 Å². The van der Waals surface area contributed by atoms with Crippen LogP contribution in [0.1, 0.15) is 22.3 Å². The fraction of sp³-hybridized carbons (Fsp3) is 0.194. The highest BCUT2D eigenvalue weighted by Crippen LogP contribution is 2.51. The van der Waals surface area contributed by atoms with E-state index in [0.29, 0.717) is 0 Å². The van der Waals surface area contributed by atoms with Gasteiger partial charge in [-0.2, -0.15) is 0 Å². The predicted molar refractivity (Wildman–Crippen MR) is 150 cm³/mol. The summed E-state index contributed by atoms with van der Waals surface area (Å²) in [5.74, 6) is -2.09. The van der Waals surface area contributed by atoms with Gasteiger partial charge in [-0.05, 0) is 34.7 Å². The van der Waals surface area contributed by atoms with Crippen molar-refractivity contribution in [3.8, 4) is 0 Å². The number of carbonyl (C=O) groups is 1. The highest BCUT2D eigenvalue weighted by Gasteiger charge is 2.30. The lowest BCUT2D eigenvalue weighted by molar-refractivity contribution is 0.0902. The third-order valence-electron chi connectivity index (χ3n) is 5.93. The Kier molecular flexibility index (Phi) is 11.2. The molecule has 1 N–H and O–H groups in total. The van der Waals surface area contributed by atoms with Crippen molar-refractivity contribution in [1.82, 2.24) is 5.32 Å². The minimum Gasteiger partial charge on any atom is -0.445 e. The standard InChI is InChI=1S/C31H30F2NO6P/c32-29-18-10-17-27(30(29)33)19-28(34-31(35)37-20-24-11-4-1-5-12-24)23-40-41(36,38-21-25-13-6-2-7-14-25)39-22-26-15-8-3-9-16-26/h1-18,28H,19-23H2,(H,34,35). The molecule has 0 saturated carbocycles. The Hall–Kier alpha value is -3.88. The van der Waals surface area contributed by atoms with Crippen molar-refractivity contribution >= 4 is 13.9 Å². The molecule has 0 radical (unpaired) electrons. The first-order valence-electron chi connectivity index (χ1n) is 12.9. The molecule has 41 heavy (non-hydrogen) atoms. The average Bonchev–Trinajstić information content (AvgIpc) is 3.01. The maximum Gasteiger partial charge on any atom is 0.475 e. The molecule has 1 atom stereocenters. The molecule has 0 aromatic heterocycles. The number of phosphoric ester groups is 1. The lowest BCUT2D eigenvalue weighted by Gasteiger charge is -2.23. The van der Waals surface area contributed by atoms with E-state index in [1.807, 2.05) is 54.6 Å². The number of benzene rings is 4. The minimum atomic E-state index is -4.20. The number of carbonyl (C=O) groups excluding carboxylic acids is 1. The zero-order valence-electron chi connectivity index (χ0n) is 22.2. The molecular formula is C31H30F2NO6P. The Labute approximate surface area is 237 Å². The fourth-order valence-corrected chi connectivity index (χ4v) is 5.00. The van der Waals surface area contributed by atoms with Crippen LogP contribution in [0.15, 0.2) is 109 Å². The summed E-state index contributed by atoms with van der Waals surface area (Å²) in [6.45, 7) is -0.546.